The van der Waals surface area contributed by atoms with E-state index in [0.29, 0.717) is 21.7 Å². The van der Waals surface area contributed by atoms with Gasteiger partial charge in [0.05, 0.1) is 10.6 Å². The average molecular weight is 364 g/mol. The molecule has 0 unspecified atom stereocenters. The molecule has 0 saturated carbocycles. The van der Waals surface area contributed by atoms with Crippen LogP contribution in [0.4, 0.5) is 0 Å². The first-order chi connectivity index (χ1) is 11.2. The zero-order chi connectivity index (χ0) is 17.6. The van der Waals surface area contributed by atoms with Crippen molar-refractivity contribution in [1.82, 2.24) is 0 Å². The van der Waals surface area contributed by atoms with E-state index >= 15 is 0 Å². The molecule has 0 atom stereocenters. The van der Waals surface area contributed by atoms with E-state index in [2.05, 4.69) is 4.99 Å². The van der Waals surface area contributed by atoms with Crippen molar-refractivity contribution in [1.29, 1.82) is 0 Å². The van der Waals surface area contributed by atoms with E-state index in [4.69, 9.17) is 23.1 Å². The number of rotatable bonds is 1. The van der Waals surface area contributed by atoms with Crippen molar-refractivity contribution in [2.75, 3.05) is 0 Å². The van der Waals surface area contributed by atoms with Gasteiger partial charge in [0.1, 0.15) is 0 Å². The van der Waals surface area contributed by atoms with E-state index in [1.807, 2.05) is 0 Å². The first-order valence-electron chi connectivity index (χ1n) is 6.99. The largest absolute Gasteiger partial charge is 0.370 e. The maximum atomic E-state index is 12.6. The lowest BCUT2D eigenvalue weighted by atomic mass is 9.96. The van der Waals surface area contributed by atoms with Crippen LogP contribution in [0.25, 0.3) is 11.1 Å². The fourth-order valence-corrected chi connectivity index (χ4v) is 4.56. The molecule has 0 fully saturated rings. The molecular formula is C16H14ClN3O3S. The van der Waals surface area contributed by atoms with Crippen LogP contribution in [0.2, 0.25) is 5.02 Å². The Morgan fingerprint density at radius 2 is 1.88 bits per heavy atom. The van der Waals surface area contributed by atoms with E-state index in [0.717, 1.165) is 5.56 Å². The molecule has 24 heavy (non-hydrogen) atoms. The number of halogens is 1. The Morgan fingerprint density at radius 1 is 1.17 bits per heavy atom. The molecule has 0 bridgehead atoms. The molecular weight excluding hydrogens is 350 g/mol. The molecule has 0 aliphatic carbocycles. The van der Waals surface area contributed by atoms with Gasteiger partial charge in [-0.15, -0.1) is 0 Å². The molecule has 1 aliphatic rings. The summed E-state index contributed by atoms with van der Waals surface area (Å²) in [6.45, 7) is 1.70. The summed E-state index contributed by atoms with van der Waals surface area (Å²) in [5.41, 5.74) is 13.1. The van der Waals surface area contributed by atoms with Crippen LogP contribution in [0.15, 0.2) is 40.2 Å². The van der Waals surface area contributed by atoms with Gasteiger partial charge >= 0.3 is 0 Å². The Bertz CT molecular complexity index is 1010. The number of fused-ring (bicyclic) bond motifs is 3. The second kappa shape index (κ2) is 5.61. The van der Waals surface area contributed by atoms with Gasteiger partial charge in [0, 0.05) is 16.1 Å². The van der Waals surface area contributed by atoms with Crippen LogP contribution >= 0.6 is 11.6 Å². The third-order valence-corrected chi connectivity index (χ3v) is 5.76. The minimum atomic E-state index is -3.58. The van der Waals surface area contributed by atoms with Crippen LogP contribution < -0.4 is 11.5 Å². The maximum Gasteiger partial charge on any atom is 0.280 e. The topological polar surface area (TPSA) is 116 Å². The van der Waals surface area contributed by atoms with Gasteiger partial charge in [-0.25, -0.2) is 8.42 Å². The molecule has 2 aromatic carbocycles. The molecule has 0 radical (unpaired) electrons. The van der Waals surface area contributed by atoms with E-state index in [1.165, 1.54) is 6.07 Å². The first kappa shape index (κ1) is 16.5. The van der Waals surface area contributed by atoms with Crippen molar-refractivity contribution in [3.8, 4) is 11.1 Å². The Labute approximate surface area is 144 Å². The summed E-state index contributed by atoms with van der Waals surface area (Å²) in [5.74, 6) is -1.20. The molecule has 1 amide bonds. The number of hydrogen-bond donors (Lipinski definition) is 2. The summed E-state index contributed by atoms with van der Waals surface area (Å²) < 4.78 is 25.2. The fraction of sp³-hybridized carbons (Fsp3) is 0.125. The Balaban J connectivity index is 2.30. The number of nitrogens with zero attached hydrogens (tertiary/aromatic N) is 1. The zero-order valence-electron chi connectivity index (χ0n) is 12.7. The van der Waals surface area contributed by atoms with E-state index in [9.17, 15) is 13.2 Å². The lowest BCUT2D eigenvalue weighted by molar-refractivity contribution is 0.100. The van der Waals surface area contributed by atoms with Gasteiger partial charge in [-0.3, -0.25) is 4.79 Å². The third-order valence-electron chi connectivity index (χ3n) is 3.83. The summed E-state index contributed by atoms with van der Waals surface area (Å²) in [6, 6.07) is 8.06. The molecule has 0 aromatic heterocycles. The monoisotopic (exact) mass is 363 g/mol. The lowest BCUT2D eigenvalue weighted by Gasteiger charge is -2.21. The van der Waals surface area contributed by atoms with Crippen LogP contribution in [0.1, 0.15) is 21.5 Å². The normalized spacial score (nSPS) is 14.4. The molecule has 0 saturated heterocycles. The van der Waals surface area contributed by atoms with Crippen LogP contribution in [0.3, 0.4) is 0 Å². The second-order valence-corrected chi connectivity index (χ2v) is 7.96. The molecule has 4 N–H and O–H groups in total. The molecule has 0 spiro atoms. The number of nitrogens with two attached hydrogens (primary N) is 2. The van der Waals surface area contributed by atoms with Crippen molar-refractivity contribution in [3.63, 3.8) is 0 Å². The van der Waals surface area contributed by atoms with Gasteiger partial charge in [0.15, 0.2) is 15.8 Å². The predicted octanol–water partition coefficient (Wildman–Crippen LogP) is 2.02. The fourth-order valence-electron chi connectivity index (χ4n) is 2.77. The molecule has 8 heteroatoms. The summed E-state index contributed by atoms with van der Waals surface area (Å²) >= 11 is 6.04. The van der Waals surface area contributed by atoms with Gasteiger partial charge in [-0.05, 0) is 47.9 Å². The highest BCUT2D eigenvalue weighted by atomic mass is 35.5. The first-order valence-corrected chi connectivity index (χ1v) is 9.02. The predicted molar refractivity (Wildman–Crippen MR) is 92.7 cm³/mol. The number of benzene rings is 2. The smallest absolute Gasteiger partial charge is 0.280 e. The number of guanidine groups is 1. The van der Waals surface area contributed by atoms with Crippen molar-refractivity contribution in [2.24, 2.45) is 16.5 Å². The molecule has 124 valence electrons. The van der Waals surface area contributed by atoms with Gasteiger partial charge in [0.25, 0.3) is 5.91 Å². The number of hydrogen-bond acceptors (Lipinski definition) is 3. The second-order valence-electron chi connectivity index (χ2n) is 5.57. The SMILES string of the molecule is Cc1cc2c(cc1C(=O)N=C(N)N)S(=O)(=O)Cc1ccc(Cl)cc1-2. The average Bonchev–Trinajstić information content (AvgIpc) is 2.46. The summed E-state index contributed by atoms with van der Waals surface area (Å²) in [5, 5.41) is 0.511. The summed E-state index contributed by atoms with van der Waals surface area (Å²) in [7, 11) is -3.58. The number of aryl methyl sites for hydroxylation is 1. The Kier molecular flexibility index (Phi) is 3.85. The molecule has 3 rings (SSSR count). The van der Waals surface area contributed by atoms with Crippen molar-refractivity contribution in [3.05, 3.63) is 52.0 Å². The van der Waals surface area contributed by atoms with Gasteiger partial charge in [-0.1, -0.05) is 17.7 Å². The molecule has 6 nitrogen and oxygen atoms in total. The highest BCUT2D eigenvalue weighted by Gasteiger charge is 2.30. The minimum absolute atomic E-state index is 0.0806. The van der Waals surface area contributed by atoms with Gasteiger partial charge < -0.3 is 11.5 Å². The quantitative estimate of drug-likeness (QED) is 0.594. The van der Waals surface area contributed by atoms with E-state index in [1.54, 1.807) is 31.2 Å². The number of sulfone groups is 1. The van der Waals surface area contributed by atoms with Crippen LogP contribution in [-0.2, 0) is 15.6 Å². The van der Waals surface area contributed by atoms with Crippen molar-refractivity contribution < 1.29 is 13.2 Å². The highest BCUT2D eigenvalue weighted by molar-refractivity contribution is 7.90. The minimum Gasteiger partial charge on any atom is -0.370 e. The standard InChI is InChI=1S/C16H14ClN3O3S/c1-8-4-13-12-5-10(17)3-2-9(12)7-24(22,23)14(13)6-11(8)15(21)20-16(18)19/h2-6H,7H2,1H3,(H4,18,19,20,21). The Morgan fingerprint density at radius 3 is 2.54 bits per heavy atom. The number of amides is 1. The third kappa shape index (κ3) is 2.76. The van der Waals surface area contributed by atoms with Gasteiger partial charge in [-0.2, -0.15) is 4.99 Å². The number of carbonyl (C=O) groups is 1. The number of aliphatic imine (C=N–C) groups is 1. The van der Waals surface area contributed by atoms with Crippen LogP contribution in [0, 0.1) is 6.92 Å². The van der Waals surface area contributed by atoms with E-state index in [-0.39, 0.29) is 22.2 Å². The Hall–Kier alpha value is -2.38. The number of carbonyl (C=O) groups excluding carboxylic acids is 1. The molecule has 1 aliphatic heterocycles. The van der Waals surface area contributed by atoms with Crippen molar-refractivity contribution >= 4 is 33.3 Å². The maximum absolute atomic E-state index is 12.6. The molecule has 2 aromatic rings. The van der Waals surface area contributed by atoms with Gasteiger partial charge in [0.2, 0.25) is 0 Å². The zero-order valence-corrected chi connectivity index (χ0v) is 14.3. The summed E-state index contributed by atoms with van der Waals surface area (Å²) in [6.07, 6.45) is 0. The molecule has 1 heterocycles. The van der Waals surface area contributed by atoms with Crippen LogP contribution in [-0.4, -0.2) is 20.3 Å². The lowest BCUT2D eigenvalue weighted by Crippen LogP contribution is -2.24. The van der Waals surface area contributed by atoms with E-state index < -0.39 is 15.7 Å². The van der Waals surface area contributed by atoms with Crippen molar-refractivity contribution in [2.45, 2.75) is 17.6 Å². The van der Waals surface area contributed by atoms with Crippen LogP contribution in [0.5, 0.6) is 0 Å². The highest BCUT2D eigenvalue weighted by Crippen LogP contribution is 2.40. The summed E-state index contributed by atoms with van der Waals surface area (Å²) in [4.78, 5) is 15.7.